The Labute approximate surface area is 411 Å². The van der Waals surface area contributed by atoms with Gasteiger partial charge in [-0.15, -0.1) is 0 Å². The van der Waals surface area contributed by atoms with E-state index in [2.05, 4.69) is 152 Å². The molecular formula is C60H84N4O4. The highest BCUT2D eigenvalue weighted by Gasteiger charge is 2.16. The quantitative estimate of drug-likeness (QED) is 0.0457. The predicted octanol–water partition coefficient (Wildman–Crippen LogP) is 13.8. The van der Waals surface area contributed by atoms with Gasteiger partial charge in [0.2, 0.25) is 13.6 Å². The number of unbranched alkanes of at least 4 members (excludes halogenated alkanes) is 6. The summed E-state index contributed by atoms with van der Waals surface area (Å²) in [4.78, 5) is 7.91. The molecule has 0 aromatic heterocycles. The minimum Gasteiger partial charge on any atom is -0.454 e. The first-order valence-corrected chi connectivity index (χ1v) is 26.4. The van der Waals surface area contributed by atoms with Crippen LogP contribution in [0.25, 0.3) is 22.3 Å². The van der Waals surface area contributed by atoms with Crippen molar-refractivity contribution in [1.29, 1.82) is 0 Å². The lowest BCUT2D eigenvalue weighted by Crippen LogP contribution is -2.36. The highest BCUT2D eigenvalue weighted by Crippen LogP contribution is 2.37. The number of hydrogen-bond acceptors (Lipinski definition) is 8. The Balaban J connectivity index is 0.000000238. The van der Waals surface area contributed by atoms with Gasteiger partial charge in [0, 0.05) is 45.8 Å². The molecule has 8 heteroatoms. The standard InChI is InChI=1S/C36H50N2O2.C24H34N2O2/c1-4-7-10-11-30-12-14-31(15-13-30)27-38(25-24-37(22-8-5-2)23-9-6-3)28-32-16-18-33(19-17-32)34-20-21-35-36(26-34)40-29-39-35;1-3-5-14-26(15-6-4-2)16-13-25-18-20-7-9-21(10-8-20)22-11-12-23-24(17-22)28-19-27-23/h12-21,26H,4-11,22-25,27-29H2,1-3H3;7-12,17,25H,3-6,13-16,18-19H2,1-2H3. The summed E-state index contributed by atoms with van der Waals surface area (Å²) in [7, 11) is 0. The number of aryl methyl sites for hydroxylation is 1. The molecule has 5 aromatic rings. The summed E-state index contributed by atoms with van der Waals surface area (Å²) >= 11 is 0. The SMILES string of the molecule is CCCCCc1ccc(CN(CCN(CCCC)CCCC)Cc2ccc(-c3ccc4c(c3)OCO4)cc2)cc1.CCCCN(CCCC)CCNCc1ccc(-c2ccc3c(c2)OCO3)cc1. The first-order valence-electron chi connectivity index (χ1n) is 26.4. The maximum Gasteiger partial charge on any atom is 0.231 e. The molecule has 2 heterocycles. The third kappa shape index (κ3) is 17.6. The van der Waals surface area contributed by atoms with Crippen LogP contribution in [0.1, 0.15) is 128 Å². The second-order valence-corrected chi connectivity index (χ2v) is 18.8. The van der Waals surface area contributed by atoms with Crippen molar-refractivity contribution in [3.8, 4) is 45.3 Å². The molecule has 1 N–H and O–H groups in total. The third-order valence-corrected chi connectivity index (χ3v) is 13.2. The molecule has 0 atom stereocenters. The highest BCUT2D eigenvalue weighted by molar-refractivity contribution is 5.68. The molecule has 0 unspecified atom stereocenters. The van der Waals surface area contributed by atoms with Gasteiger partial charge in [0.05, 0.1) is 0 Å². The molecule has 0 saturated heterocycles. The fourth-order valence-electron chi connectivity index (χ4n) is 8.84. The third-order valence-electron chi connectivity index (χ3n) is 13.2. The molecule has 68 heavy (non-hydrogen) atoms. The monoisotopic (exact) mass is 925 g/mol. The van der Waals surface area contributed by atoms with Crippen molar-refractivity contribution in [3.63, 3.8) is 0 Å². The summed E-state index contributed by atoms with van der Waals surface area (Å²) in [5, 5.41) is 3.60. The second kappa shape index (κ2) is 29.9. The second-order valence-electron chi connectivity index (χ2n) is 18.8. The van der Waals surface area contributed by atoms with Crippen molar-refractivity contribution in [2.45, 2.75) is 131 Å². The molecule has 368 valence electrons. The maximum atomic E-state index is 5.59. The van der Waals surface area contributed by atoms with Crippen LogP contribution in [-0.2, 0) is 26.1 Å². The lowest BCUT2D eigenvalue weighted by Gasteiger charge is -2.28. The van der Waals surface area contributed by atoms with Gasteiger partial charge in [-0.25, -0.2) is 0 Å². The van der Waals surface area contributed by atoms with E-state index < -0.39 is 0 Å². The van der Waals surface area contributed by atoms with E-state index in [1.165, 1.54) is 137 Å². The molecule has 0 radical (unpaired) electrons. The highest BCUT2D eigenvalue weighted by atomic mass is 16.7. The molecule has 0 fully saturated rings. The van der Waals surface area contributed by atoms with Crippen molar-refractivity contribution >= 4 is 0 Å². The van der Waals surface area contributed by atoms with Crippen molar-refractivity contribution in [2.75, 3.05) is 65.9 Å². The lowest BCUT2D eigenvalue weighted by molar-refractivity contribution is 0.173. The summed E-state index contributed by atoms with van der Waals surface area (Å²) < 4.78 is 21.9. The summed E-state index contributed by atoms with van der Waals surface area (Å²) in [6.07, 6.45) is 15.3. The molecule has 2 aliphatic rings. The smallest absolute Gasteiger partial charge is 0.231 e. The number of rotatable bonds is 30. The van der Waals surface area contributed by atoms with Gasteiger partial charge in [-0.3, -0.25) is 4.90 Å². The van der Waals surface area contributed by atoms with E-state index in [0.717, 1.165) is 79.9 Å². The van der Waals surface area contributed by atoms with Crippen LogP contribution >= 0.6 is 0 Å². The molecule has 0 aliphatic carbocycles. The Morgan fingerprint density at radius 3 is 1.25 bits per heavy atom. The van der Waals surface area contributed by atoms with Crippen LogP contribution in [-0.4, -0.2) is 80.6 Å². The summed E-state index contributed by atoms with van der Waals surface area (Å²) in [6.45, 7) is 24.1. The fraction of sp³-hybridized carbons (Fsp3) is 0.500. The molecule has 0 bridgehead atoms. The molecule has 0 amide bonds. The summed E-state index contributed by atoms with van der Waals surface area (Å²) in [5.74, 6) is 3.33. The Kier molecular flexibility index (Phi) is 23.1. The van der Waals surface area contributed by atoms with Gasteiger partial charge in [-0.05, 0) is 133 Å². The van der Waals surface area contributed by atoms with Crippen LogP contribution in [0.5, 0.6) is 23.0 Å². The van der Waals surface area contributed by atoms with E-state index >= 15 is 0 Å². The van der Waals surface area contributed by atoms with Crippen LogP contribution in [0.4, 0.5) is 0 Å². The zero-order valence-corrected chi connectivity index (χ0v) is 42.5. The van der Waals surface area contributed by atoms with Gasteiger partial charge < -0.3 is 34.1 Å². The van der Waals surface area contributed by atoms with Crippen LogP contribution in [0, 0.1) is 0 Å². The number of fused-ring (bicyclic) bond motifs is 2. The number of hydrogen-bond donors (Lipinski definition) is 1. The van der Waals surface area contributed by atoms with Crippen LogP contribution in [0.15, 0.2) is 109 Å². The van der Waals surface area contributed by atoms with Crippen LogP contribution in [0.3, 0.4) is 0 Å². The number of ether oxygens (including phenoxy) is 4. The maximum absolute atomic E-state index is 5.59. The van der Waals surface area contributed by atoms with E-state index in [-0.39, 0.29) is 0 Å². The fourth-order valence-corrected chi connectivity index (χ4v) is 8.84. The van der Waals surface area contributed by atoms with Crippen molar-refractivity contribution < 1.29 is 18.9 Å². The average Bonchev–Trinajstić information content (AvgIpc) is 4.06. The van der Waals surface area contributed by atoms with E-state index in [1.807, 2.05) is 12.1 Å². The van der Waals surface area contributed by atoms with Gasteiger partial charge in [-0.1, -0.05) is 158 Å². The van der Waals surface area contributed by atoms with E-state index in [4.69, 9.17) is 18.9 Å². The molecular weight excluding hydrogens is 841 g/mol. The van der Waals surface area contributed by atoms with E-state index in [0.29, 0.717) is 13.6 Å². The molecule has 0 spiro atoms. The van der Waals surface area contributed by atoms with Gasteiger partial charge in [0.1, 0.15) is 0 Å². The molecule has 0 saturated carbocycles. The van der Waals surface area contributed by atoms with Gasteiger partial charge >= 0.3 is 0 Å². The number of benzene rings is 5. The average molecular weight is 925 g/mol. The van der Waals surface area contributed by atoms with Gasteiger partial charge in [-0.2, -0.15) is 0 Å². The van der Waals surface area contributed by atoms with Crippen LogP contribution < -0.4 is 24.3 Å². The Morgan fingerprint density at radius 1 is 0.368 bits per heavy atom. The summed E-state index contributed by atoms with van der Waals surface area (Å²) in [5.41, 5.74) is 10.3. The first kappa shape index (κ1) is 52.5. The number of nitrogens with one attached hydrogen (secondary N) is 1. The van der Waals surface area contributed by atoms with Crippen LogP contribution in [0.2, 0.25) is 0 Å². The normalized spacial score (nSPS) is 12.6. The largest absolute Gasteiger partial charge is 0.454 e. The first-order chi connectivity index (χ1) is 33.5. The Hall–Kier alpha value is -4.86. The zero-order chi connectivity index (χ0) is 47.6. The zero-order valence-electron chi connectivity index (χ0n) is 42.5. The van der Waals surface area contributed by atoms with E-state index in [9.17, 15) is 0 Å². The summed E-state index contributed by atoms with van der Waals surface area (Å²) in [6, 6.07) is 39.5. The number of nitrogens with zero attached hydrogens (tertiary/aromatic N) is 3. The molecule has 7 rings (SSSR count). The molecule has 8 nitrogen and oxygen atoms in total. The lowest BCUT2D eigenvalue weighted by atomic mass is 10.0. The van der Waals surface area contributed by atoms with Gasteiger partial charge in [0.15, 0.2) is 23.0 Å². The van der Waals surface area contributed by atoms with Crippen molar-refractivity contribution in [2.24, 2.45) is 0 Å². The Bertz CT molecular complexity index is 2130. The minimum atomic E-state index is 0.309. The minimum absolute atomic E-state index is 0.309. The predicted molar refractivity (Wildman–Crippen MR) is 284 cm³/mol. The van der Waals surface area contributed by atoms with Gasteiger partial charge in [0.25, 0.3) is 0 Å². The molecule has 5 aromatic carbocycles. The van der Waals surface area contributed by atoms with E-state index in [1.54, 1.807) is 0 Å². The Morgan fingerprint density at radius 2 is 0.765 bits per heavy atom. The van der Waals surface area contributed by atoms with Crippen molar-refractivity contribution in [3.05, 3.63) is 131 Å². The molecule has 2 aliphatic heterocycles. The van der Waals surface area contributed by atoms with Crippen molar-refractivity contribution in [1.82, 2.24) is 20.0 Å². The topological polar surface area (TPSA) is 58.7 Å².